The number of anilines is 1. The fourth-order valence-corrected chi connectivity index (χ4v) is 4.11. The summed E-state index contributed by atoms with van der Waals surface area (Å²) < 4.78 is 30.0. The van der Waals surface area contributed by atoms with Crippen molar-refractivity contribution in [2.45, 2.75) is 38.8 Å². The van der Waals surface area contributed by atoms with Crippen molar-refractivity contribution < 1.29 is 27.9 Å². The first-order valence-corrected chi connectivity index (χ1v) is 12.2. The molecule has 0 atom stereocenters. The standard InChI is InChI=1S/C28H32FN3O5/c1-19-7-11-24(37-19)17-31(14-13-20-8-12-25(35-2)26(15-20)36-3)27(33)18-32(23-9-10-23)28(34)30-22-6-4-5-21(29)16-22/h4-8,11-12,15-16,23H,9-10,13-14,17-18H2,1-3H3,(H,30,34). The maximum absolute atomic E-state index is 13.6. The number of benzene rings is 2. The second-order valence-electron chi connectivity index (χ2n) is 9.07. The van der Waals surface area contributed by atoms with Crippen molar-refractivity contribution in [1.29, 1.82) is 0 Å². The number of rotatable bonds is 11. The molecule has 9 heteroatoms. The Bertz CT molecular complexity index is 1240. The molecular weight excluding hydrogens is 477 g/mol. The van der Waals surface area contributed by atoms with E-state index in [9.17, 15) is 14.0 Å². The first-order chi connectivity index (χ1) is 17.9. The molecular formula is C28H32FN3O5. The van der Waals surface area contributed by atoms with Crippen molar-refractivity contribution in [3.05, 3.63) is 77.5 Å². The summed E-state index contributed by atoms with van der Waals surface area (Å²) in [6.07, 6.45) is 2.23. The summed E-state index contributed by atoms with van der Waals surface area (Å²) in [5.74, 6) is 2.04. The summed E-state index contributed by atoms with van der Waals surface area (Å²) in [6, 6.07) is 14.6. The fourth-order valence-electron chi connectivity index (χ4n) is 4.11. The van der Waals surface area contributed by atoms with E-state index in [0.717, 1.165) is 24.2 Å². The lowest BCUT2D eigenvalue weighted by atomic mass is 10.1. The van der Waals surface area contributed by atoms with Gasteiger partial charge in [-0.25, -0.2) is 9.18 Å². The van der Waals surface area contributed by atoms with E-state index in [4.69, 9.17) is 13.9 Å². The minimum atomic E-state index is -0.443. The lowest BCUT2D eigenvalue weighted by Crippen LogP contribution is -2.45. The Morgan fingerprint density at radius 2 is 1.84 bits per heavy atom. The van der Waals surface area contributed by atoms with Crippen molar-refractivity contribution in [2.75, 3.05) is 32.6 Å². The minimum Gasteiger partial charge on any atom is -0.493 e. The van der Waals surface area contributed by atoms with Gasteiger partial charge in [-0.3, -0.25) is 4.79 Å². The molecule has 3 aromatic rings. The predicted molar refractivity (Wildman–Crippen MR) is 137 cm³/mol. The third-order valence-corrected chi connectivity index (χ3v) is 6.24. The van der Waals surface area contributed by atoms with E-state index in [0.29, 0.717) is 35.9 Å². The van der Waals surface area contributed by atoms with Gasteiger partial charge in [0, 0.05) is 18.3 Å². The normalized spacial score (nSPS) is 12.6. The molecule has 0 saturated heterocycles. The molecule has 0 unspecified atom stereocenters. The minimum absolute atomic E-state index is 0.0175. The van der Waals surface area contributed by atoms with Crippen molar-refractivity contribution >= 4 is 17.6 Å². The van der Waals surface area contributed by atoms with Crippen molar-refractivity contribution in [1.82, 2.24) is 9.80 Å². The number of hydrogen-bond acceptors (Lipinski definition) is 5. The molecule has 1 heterocycles. The second-order valence-corrected chi connectivity index (χ2v) is 9.07. The van der Waals surface area contributed by atoms with Crippen LogP contribution in [0.2, 0.25) is 0 Å². The van der Waals surface area contributed by atoms with Gasteiger partial charge in [-0.15, -0.1) is 0 Å². The molecule has 8 nitrogen and oxygen atoms in total. The molecule has 4 rings (SSSR count). The summed E-state index contributed by atoms with van der Waals surface area (Å²) in [6.45, 7) is 2.46. The van der Waals surface area contributed by atoms with Gasteiger partial charge in [0.1, 0.15) is 23.9 Å². The van der Waals surface area contributed by atoms with Crippen LogP contribution in [0.25, 0.3) is 0 Å². The lowest BCUT2D eigenvalue weighted by molar-refractivity contribution is -0.132. The number of furan rings is 1. The average Bonchev–Trinajstić information content (AvgIpc) is 3.65. The zero-order valence-electron chi connectivity index (χ0n) is 21.3. The van der Waals surface area contributed by atoms with Gasteiger partial charge in [0.25, 0.3) is 0 Å². The number of amides is 3. The van der Waals surface area contributed by atoms with Crippen molar-refractivity contribution in [2.24, 2.45) is 0 Å². The van der Waals surface area contributed by atoms with Gasteiger partial charge in [-0.05, 0) is 74.2 Å². The van der Waals surface area contributed by atoms with Gasteiger partial charge in [-0.2, -0.15) is 0 Å². The summed E-state index contributed by atoms with van der Waals surface area (Å²) in [5, 5.41) is 2.71. The first-order valence-electron chi connectivity index (χ1n) is 12.2. The summed E-state index contributed by atoms with van der Waals surface area (Å²) in [4.78, 5) is 29.7. The summed E-state index contributed by atoms with van der Waals surface area (Å²) >= 11 is 0. The molecule has 1 aliphatic rings. The molecule has 0 spiro atoms. The summed E-state index contributed by atoms with van der Waals surface area (Å²) in [5.41, 5.74) is 1.33. The van der Waals surface area contributed by atoms with Crippen LogP contribution in [-0.2, 0) is 17.8 Å². The number of halogens is 1. The van der Waals surface area contributed by atoms with Crippen LogP contribution in [0.4, 0.5) is 14.9 Å². The molecule has 0 aliphatic heterocycles. The van der Waals surface area contributed by atoms with Crippen LogP contribution < -0.4 is 14.8 Å². The maximum Gasteiger partial charge on any atom is 0.322 e. The van der Waals surface area contributed by atoms with E-state index >= 15 is 0 Å². The Hall–Kier alpha value is -4.01. The van der Waals surface area contributed by atoms with Gasteiger partial charge in [0.15, 0.2) is 11.5 Å². The second kappa shape index (κ2) is 11.8. The Labute approximate surface area is 215 Å². The fraction of sp³-hybridized carbons (Fsp3) is 0.357. The Morgan fingerprint density at radius 3 is 2.49 bits per heavy atom. The zero-order chi connectivity index (χ0) is 26.4. The number of ether oxygens (including phenoxy) is 2. The SMILES string of the molecule is COc1ccc(CCN(Cc2ccc(C)o2)C(=O)CN(C(=O)Nc2cccc(F)c2)C2CC2)cc1OC. The Morgan fingerprint density at radius 1 is 1.05 bits per heavy atom. The lowest BCUT2D eigenvalue weighted by Gasteiger charge is -2.27. The van der Waals surface area contributed by atoms with Crippen LogP contribution in [0.15, 0.2) is 59.0 Å². The van der Waals surface area contributed by atoms with E-state index < -0.39 is 11.8 Å². The number of carbonyl (C=O) groups excluding carboxylic acids is 2. The smallest absolute Gasteiger partial charge is 0.322 e. The number of nitrogens with zero attached hydrogens (tertiary/aromatic N) is 2. The number of carbonyl (C=O) groups is 2. The highest BCUT2D eigenvalue weighted by atomic mass is 19.1. The first kappa shape index (κ1) is 26.1. The number of hydrogen-bond donors (Lipinski definition) is 1. The highest BCUT2D eigenvalue weighted by Crippen LogP contribution is 2.29. The Balaban J connectivity index is 1.47. The molecule has 196 valence electrons. The van der Waals surface area contributed by atoms with Gasteiger partial charge in [0.2, 0.25) is 5.91 Å². The highest BCUT2D eigenvalue weighted by molar-refractivity contribution is 5.92. The molecule has 1 saturated carbocycles. The number of aryl methyl sites for hydroxylation is 1. The monoisotopic (exact) mass is 509 g/mol. The van der Waals surface area contributed by atoms with Crippen LogP contribution in [0.1, 0.15) is 29.9 Å². The van der Waals surface area contributed by atoms with Crippen LogP contribution in [0.5, 0.6) is 11.5 Å². The molecule has 1 fully saturated rings. The molecule has 2 aromatic carbocycles. The molecule has 1 aliphatic carbocycles. The third kappa shape index (κ3) is 7.03. The molecule has 1 aromatic heterocycles. The maximum atomic E-state index is 13.6. The van der Waals surface area contributed by atoms with Crippen LogP contribution in [-0.4, -0.2) is 55.1 Å². The molecule has 3 amide bonds. The van der Waals surface area contributed by atoms with Crippen molar-refractivity contribution in [3.63, 3.8) is 0 Å². The quantitative estimate of drug-likeness (QED) is 0.393. The topological polar surface area (TPSA) is 84.2 Å². The van der Waals surface area contributed by atoms with E-state index in [2.05, 4.69) is 5.32 Å². The van der Waals surface area contributed by atoms with E-state index in [1.807, 2.05) is 37.3 Å². The predicted octanol–water partition coefficient (Wildman–Crippen LogP) is 5.01. The van der Waals surface area contributed by atoms with Crippen molar-refractivity contribution in [3.8, 4) is 11.5 Å². The van der Waals surface area contributed by atoms with E-state index in [1.54, 1.807) is 25.2 Å². The number of methoxy groups -OCH3 is 2. The molecule has 37 heavy (non-hydrogen) atoms. The van der Waals surface area contributed by atoms with Gasteiger partial charge < -0.3 is 29.0 Å². The van der Waals surface area contributed by atoms with E-state index in [-0.39, 0.29) is 25.0 Å². The third-order valence-electron chi connectivity index (χ3n) is 6.24. The Kier molecular flexibility index (Phi) is 8.32. The van der Waals surface area contributed by atoms with Crippen LogP contribution >= 0.6 is 0 Å². The van der Waals surface area contributed by atoms with Crippen LogP contribution in [0.3, 0.4) is 0 Å². The molecule has 0 bridgehead atoms. The number of urea groups is 1. The summed E-state index contributed by atoms with van der Waals surface area (Å²) in [7, 11) is 3.16. The zero-order valence-corrected chi connectivity index (χ0v) is 21.3. The van der Waals surface area contributed by atoms with Gasteiger partial charge >= 0.3 is 6.03 Å². The van der Waals surface area contributed by atoms with E-state index in [1.165, 1.54) is 23.1 Å². The van der Waals surface area contributed by atoms with Crippen LogP contribution in [0, 0.1) is 12.7 Å². The van der Waals surface area contributed by atoms with Gasteiger partial charge in [-0.1, -0.05) is 12.1 Å². The largest absolute Gasteiger partial charge is 0.493 e. The van der Waals surface area contributed by atoms with Gasteiger partial charge in [0.05, 0.1) is 20.8 Å². The average molecular weight is 510 g/mol. The highest BCUT2D eigenvalue weighted by Gasteiger charge is 2.35. The number of nitrogens with one attached hydrogen (secondary N) is 1. The molecule has 1 N–H and O–H groups in total. The molecule has 0 radical (unpaired) electrons.